The van der Waals surface area contributed by atoms with Gasteiger partial charge >= 0.3 is 5.97 Å². The number of aryl methyl sites for hydroxylation is 3. The normalized spacial score (nSPS) is 17.5. The molecule has 1 aromatic heterocycles. The number of fused-ring (bicyclic) bond motifs is 2. The first-order valence-electron chi connectivity index (χ1n) is 9.35. The Morgan fingerprint density at radius 3 is 2.46 bits per heavy atom. The number of Topliss-reactive ketones (excluding diaryl/α,β-unsaturated/α-hetero) is 1. The Morgan fingerprint density at radius 1 is 1.12 bits per heavy atom. The first-order valence-corrected chi connectivity index (χ1v) is 10.2. The Morgan fingerprint density at radius 2 is 1.81 bits per heavy atom. The van der Waals surface area contributed by atoms with Crippen molar-refractivity contribution in [3.05, 3.63) is 51.0 Å². The second-order valence-electron chi connectivity index (χ2n) is 7.58. The molecule has 0 aliphatic heterocycles. The molecule has 4 nitrogen and oxygen atoms in total. The van der Waals surface area contributed by atoms with Gasteiger partial charge in [-0.15, -0.1) is 11.3 Å². The van der Waals surface area contributed by atoms with E-state index in [2.05, 4.69) is 0 Å². The molecule has 1 aromatic carbocycles. The molecule has 0 atom stereocenters. The molecule has 0 saturated heterocycles. The maximum absolute atomic E-state index is 13.1. The summed E-state index contributed by atoms with van der Waals surface area (Å²) in [6.45, 7) is 0. The first kappa shape index (κ1) is 17.4. The second-order valence-corrected chi connectivity index (χ2v) is 8.75. The van der Waals surface area contributed by atoms with Gasteiger partial charge in [-0.2, -0.15) is 0 Å². The molecule has 0 fully saturated rings. The minimum Gasteiger partial charge on any atom is -0.481 e. The van der Waals surface area contributed by atoms with Crippen LogP contribution in [-0.4, -0.2) is 21.8 Å². The third kappa shape index (κ3) is 3.32. The molecule has 26 heavy (non-hydrogen) atoms. The summed E-state index contributed by atoms with van der Waals surface area (Å²) in [4.78, 5) is 30.7. The summed E-state index contributed by atoms with van der Waals surface area (Å²) in [5.41, 5.74) is 2.67. The molecular weight excluding hydrogens is 346 g/mol. The van der Waals surface area contributed by atoms with Gasteiger partial charge < -0.3 is 5.11 Å². The molecule has 1 N–H and O–H groups in total. The van der Waals surface area contributed by atoms with Crippen molar-refractivity contribution in [1.82, 2.24) is 4.98 Å². The number of nitrogens with zero attached hydrogens (tertiary/aromatic N) is 1. The molecule has 2 aliphatic rings. The lowest BCUT2D eigenvalue weighted by atomic mass is 9.76. The summed E-state index contributed by atoms with van der Waals surface area (Å²) in [6, 6.07) is 7.95. The highest BCUT2D eigenvalue weighted by Crippen LogP contribution is 2.41. The van der Waals surface area contributed by atoms with Gasteiger partial charge in [0, 0.05) is 23.1 Å². The summed E-state index contributed by atoms with van der Waals surface area (Å²) >= 11 is 1.74. The number of benzene rings is 1. The van der Waals surface area contributed by atoms with Crippen LogP contribution in [0.15, 0.2) is 24.3 Å². The number of aliphatic carboxylic acids is 1. The number of aromatic nitrogens is 1. The van der Waals surface area contributed by atoms with Crippen LogP contribution in [0.4, 0.5) is 0 Å². The van der Waals surface area contributed by atoms with Crippen LogP contribution in [0.25, 0.3) is 0 Å². The van der Waals surface area contributed by atoms with E-state index in [1.807, 2.05) is 24.3 Å². The fourth-order valence-electron chi connectivity index (χ4n) is 4.40. The lowest BCUT2D eigenvalue weighted by Gasteiger charge is -2.25. The lowest BCUT2D eigenvalue weighted by molar-refractivity contribution is -0.144. The van der Waals surface area contributed by atoms with E-state index >= 15 is 0 Å². The first-order chi connectivity index (χ1) is 12.6. The molecule has 0 bridgehead atoms. The van der Waals surface area contributed by atoms with Crippen LogP contribution in [0.1, 0.15) is 52.4 Å². The monoisotopic (exact) mass is 369 g/mol. The number of carbonyl (C=O) groups is 2. The standard InChI is InChI=1S/C21H23NO3S/c23-18(9-10-19-22-16-7-3-4-8-17(16)26-19)21(13-20(24)25)11-14-5-1-2-6-15(14)12-21/h1-2,5-6H,3-4,7-13H2,(H,24,25). The highest BCUT2D eigenvalue weighted by Gasteiger charge is 2.44. The van der Waals surface area contributed by atoms with Crippen LogP contribution in [0.2, 0.25) is 0 Å². The van der Waals surface area contributed by atoms with Crippen molar-refractivity contribution in [3.63, 3.8) is 0 Å². The summed E-state index contributed by atoms with van der Waals surface area (Å²) < 4.78 is 0. The molecule has 0 spiro atoms. The quantitative estimate of drug-likeness (QED) is 0.841. The molecule has 0 radical (unpaired) electrons. The van der Waals surface area contributed by atoms with Gasteiger partial charge in [0.25, 0.3) is 0 Å². The summed E-state index contributed by atoms with van der Waals surface area (Å²) in [7, 11) is 0. The number of carboxylic acid groups (broad SMARTS) is 1. The van der Waals surface area contributed by atoms with Gasteiger partial charge in [0.15, 0.2) is 0 Å². The molecule has 5 heteroatoms. The van der Waals surface area contributed by atoms with Crippen molar-refractivity contribution in [2.45, 2.75) is 57.8 Å². The van der Waals surface area contributed by atoms with Gasteiger partial charge in [0.05, 0.1) is 17.1 Å². The molecule has 0 amide bonds. The van der Waals surface area contributed by atoms with Gasteiger partial charge in [0.1, 0.15) is 5.78 Å². The van der Waals surface area contributed by atoms with Gasteiger partial charge in [-0.1, -0.05) is 24.3 Å². The number of hydrogen-bond acceptors (Lipinski definition) is 4. The maximum atomic E-state index is 13.1. The van der Waals surface area contributed by atoms with Crippen LogP contribution in [-0.2, 0) is 41.7 Å². The van der Waals surface area contributed by atoms with Gasteiger partial charge in [-0.05, 0) is 49.7 Å². The Bertz CT molecular complexity index is 806. The van der Waals surface area contributed by atoms with Crippen molar-refractivity contribution < 1.29 is 14.7 Å². The van der Waals surface area contributed by atoms with Crippen LogP contribution in [0.3, 0.4) is 0 Å². The van der Waals surface area contributed by atoms with E-state index < -0.39 is 11.4 Å². The van der Waals surface area contributed by atoms with Crippen molar-refractivity contribution in [3.8, 4) is 0 Å². The molecule has 0 unspecified atom stereocenters. The average molecular weight is 369 g/mol. The fourth-order valence-corrected chi connectivity index (χ4v) is 5.56. The minimum absolute atomic E-state index is 0.0734. The molecule has 2 aromatic rings. The number of hydrogen-bond donors (Lipinski definition) is 1. The molecule has 136 valence electrons. The van der Waals surface area contributed by atoms with Crippen molar-refractivity contribution in [1.29, 1.82) is 0 Å². The van der Waals surface area contributed by atoms with E-state index in [0.29, 0.717) is 25.7 Å². The van der Waals surface area contributed by atoms with Crippen LogP contribution >= 0.6 is 11.3 Å². The molecule has 2 aliphatic carbocycles. The van der Waals surface area contributed by atoms with E-state index in [-0.39, 0.29) is 12.2 Å². The average Bonchev–Trinajstić information content (AvgIpc) is 3.19. The van der Waals surface area contributed by atoms with Crippen LogP contribution in [0, 0.1) is 5.41 Å². The van der Waals surface area contributed by atoms with Crippen molar-refractivity contribution in [2.75, 3.05) is 0 Å². The maximum Gasteiger partial charge on any atom is 0.304 e. The third-order valence-electron chi connectivity index (χ3n) is 5.71. The molecule has 0 saturated carbocycles. The predicted octanol–water partition coefficient (Wildman–Crippen LogP) is 3.78. The number of rotatable bonds is 6. The predicted molar refractivity (Wildman–Crippen MR) is 101 cm³/mol. The van der Waals surface area contributed by atoms with E-state index in [1.54, 1.807) is 11.3 Å². The number of thiazole rings is 1. The second kappa shape index (κ2) is 6.95. The Balaban J connectivity index is 1.49. The van der Waals surface area contributed by atoms with E-state index in [1.165, 1.54) is 23.4 Å². The summed E-state index contributed by atoms with van der Waals surface area (Å²) in [5.74, 6) is -0.819. The van der Waals surface area contributed by atoms with E-state index in [0.717, 1.165) is 29.0 Å². The molecular formula is C21H23NO3S. The summed E-state index contributed by atoms with van der Waals surface area (Å²) in [6.07, 6.45) is 6.61. The minimum atomic E-state index is -0.893. The summed E-state index contributed by atoms with van der Waals surface area (Å²) in [5, 5.41) is 10.4. The zero-order valence-corrected chi connectivity index (χ0v) is 15.6. The van der Waals surface area contributed by atoms with E-state index in [9.17, 15) is 14.7 Å². The zero-order valence-electron chi connectivity index (χ0n) is 14.8. The SMILES string of the molecule is O=C(O)CC1(C(=O)CCc2nc3c(s2)CCCC3)Cc2ccccc2C1. The molecule has 4 rings (SSSR count). The third-order valence-corrected chi connectivity index (χ3v) is 6.93. The molecule has 1 heterocycles. The largest absolute Gasteiger partial charge is 0.481 e. The van der Waals surface area contributed by atoms with E-state index in [4.69, 9.17) is 4.98 Å². The number of ketones is 1. The van der Waals surface area contributed by atoms with Gasteiger partial charge in [-0.3, -0.25) is 9.59 Å². The van der Waals surface area contributed by atoms with Gasteiger partial charge in [-0.25, -0.2) is 4.98 Å². The topological polar surface area (TPSA) is 67.3 Å². The van der Waals surface area contributed by atoms with Crippen molar-refractivity contribution in [2.24, 2.45) is 5.41 Å². The van der Waals surface area contributed by atoms with Crippen LogP contribution in [0.5, 0.6) is 0 Å². The Hall–Kier alpha value is -2.01. The lowest BCUT2D eigenvalue weighted by Crippen LogP contribution is -2.35. The van der Waals surface area contributed by atoms with Crippen LogP contribution < -0.4 is 0 Å². The number of carbonyl (C=O) groups excluding carboxylic acids is 1. The smallest absolute Gasteiger partial charge is 0.304 e. The fraction of sp³-hybridized carbons (Fsp3) is 0.476. The zero-order chi connectivity index (χ0) is 18.1. The number of carboxylic acids is 1. The van der Waals surface area contributed by atoms with Gasteiger partial charge in [0.2, 0.25) is 0 Å². The highest BCUT2D eigenvalue weighted by molar-refractivity contribution is 7.11. The Kier molecular flexibility index (Phi) is 4.65. The highest BCUT2D eigenvalue weighted by atomic mass is 32.1. The Labute approximate surface area is 157 Å². The van der Waals surface area contributed by atoms with Crippen molar-refractivity contribution >= 4 is 23.1 Å².